The molecule has 1 aromatic carbocycles. The minimum atomic E-state index is -0.383. The number of Topliss-reactive ketones (excluding diaryl/α,β-unsaturated/α-hetero) is 1. The van der Waals surface area contributed by atoms with E-state index in [1.165, 1.54) is 0 Å². The van der Waals surface area contributed by atoms with E-state index in [1.54, 1.807) is 13.0 Å². The lowest BCUT2D eigenvalue weighted by Gasteiger charge is -2.09. The highest BCUT2D eigenvalue weighted by molar-refractivity contribution is 6.05. The van der Waals surface area contributed by atoms with Crippen molar-refractivity contribution in [1.82, 2.24) is 0 Å². The SMILES string of the molecule is CCCOc1cccc2c1OC(C)C2=O. The lowest BCUT2D eigenvalue weighted by atomic mass is 10.1. The van der Waals surface area contributed by atoms with Crippen LogP contribution >= 0.6 is 0 Å². The fourth-order valence-corrected chi connectivity index (χ4v) is 1.61. The number of carbonyl (C=O) groups excluding carboxylic acids is 1. The van der Waals surface area contributed by atoms with E-state index in [-0.39, 0.29) is 11.9 Å². The minimum absolute atomic E-state index is 0.0342. The van der Waals surface area contributed by atoms with Gasteiger partial charge in [0.1, 0.15) is 0 Å². The van der Waals surface area contributed by atoms with Crippen molar-refractivity contribution in [1.29, 1.82) is 0 Å². The van der Waals surface area contributed by atoms with Crippen LogP contribution in [0.2, 0.25) is 0 Å². The van der Waals surface area contributed by atoms with Crippen LogP contribution in [0.25, 0.3) is 0 Å². The molecule has 1 aromatic rings. The van der Waals surface area contributed by atoms with Gasteiger partial charge in [-0.2, -0.15) is 0 Å². The predicted octanol–water partition coefficient (Wildman–Crippen LogP) is 2.44. The molecule has 1 aliphatic rings. The second-order valence-corrected chi connectivity index (χ2v) is 3.61. The van der Waals surface area contributed by atoms with Gasteiger partial charge in [-0.25, -0.2) is 0 Å². The van der Waals surface area contributed by atoms with E-state index in [9.17, 15) is 4.79 Å². The summed E-state index contributed by atoms with van der Waals surface area (Å²) in [7, 11) is 0. The van der Waals surface area contributed by atoms with Gasteiger partial charge in [-0.15, -0.1) is 0 Å². The Hall–Kier alpha value is -1.51. The van der Waals surface area contributed by atoms with Gasteiger partial charge in [0.05, 0.1) is 12.2 Å². The zero-order valence-corrected chi connectivity index (χ0v) is 8.95. The Morgan fingerprint density at radius 3 is 3.00 bits per heavy atom. The molecule has 0 fully saturated rings. The molecule has 80 valence electrons. The third kappa shape index (κ3) is 1.69. The molecule has 0 amide bonds. The fourth-order valence-electron chi connectivity index (χ4n) is 1.61. The maximum atomic E-state index is 11.6. The average molecular weight is 206 g/mol. The summed E-state index contributed by atoms with van der Waals surface area (Å²) in [6, 6.07) is 5.43. The topological polar surface area (TPSA) is 35.5 Å². The Bertz CT molecular complexity index is 384. The van der Waals surface area contributed by atoms with Gasteiger partial charge in [-0.05, 0) is 25.5 Å². The molecule has 1 unspecified atom stereocenters. The van der Waals surface area contributed by atoms with Gasteiger partial charge in [0, 0.05) is 0 Å². The van der Waals surface area contributed by atoms with Crippen molar-refractivity contribution in [2.75, 3.05) is 6.61 Å². The summed E-state index contributed by atoms with van der Waals surface area (Å²) in [6.07, 6.45) is 0.555. The summed E-state index contributed by atoms with van der Waals surface area (Å²) >= 11 is 0. The summed E-state index contributed by atoms with van der Waals surface area (Å²) in [5.74, 6) is 1.31. The Morgan fingerprint density at radius 1 is 1.47 bits per heavy atom. The van der Waals surface area contributed by atoms with Crippen LogP contribution < -0.4 is 9.47 Å². The van der Waals surface area contributed by atoms with E-state index in [0.29, 0.717) is 23.7 Å². The molecule has 0 saturated carbocycles. The van der Waals surface area contributed by atoms with Crippen LogP contribution in [0.5, 0.6) is 11.5 Å². The molecule has 3 nitrogen and oxygen atoms in total. The first kappa shape index (κ1) is 10.0. The normalized spacial score (nSPS) is 18.5. The van der Waals surface area contributed by atoms with Gasteiger partial charge in [0.25, 0.3) is 0 Å². The number of hydrogen-bond acceptors (Lipinski definition) is 3. The second-order valence-electron chi connectivity index (χ2n) is 3.61. The van der Waals surface area contributed by atoms with Gasteiger partial charge in [0.2, 0.25) is 5.78 Å². The van der Waals surface area contributed by atoms with Gasteiger partial charge in [-0.1, -0.05) is 13.0 Å². The smallest absolute Gasteiger partial charge is 0.206 e. The number of benzene rings is 1. The Morgan fingerprint density at radius 2 is 2.27 bits per heavy atom. The number of fused-ring (bicyclic) bond motifs is 1. The Kier molecular flexibility index (Phi) is 2.62. The number of carbonyl (C=O) groups is 1. The van der Waals surface area contributed by atoms with E-state index in [1.807, 2.05) is 19.1 Å². The van der Waals surface area contributed by atoms with Crippen LogP contribution in [0.15, 0.2) is 18.2 Å². The molecule has 1 atom stereocenters. The van der Waals surface area contributed by atoms with Crippen LogP contribution in [-0.2, 0) is 0 Å². The molecular formula is C12H14O3. The summed E-state index contributed by atoms with van der Waals surface area (Å²) < 4.78 is 11.0. The van der Waals surface area contributed by atoms with Crippen molar-refractivity contribution in [3.05, 3.63) is 23.8 Å². The number of ketones is 1. The third-order valence-electron chi connectivity index (χ3n) is 2.37. The number of hydrogen-bond donors (Lipinski definition) is 0. The number of ether oxygens (including phenoxy) is 2. The Balaban J connectivity index is 2.32. The van der Waals surface area contributed by atoms with Crippen molar-refractivity contribution in [2.45, 2.75) is 26.4 Å². The quantitative estimate of drug-likeness (QED) is 0.762. The lowest BCUT2D eigenvalue weighted by Crippen LogP contribution is -2.14. The maximum Gasteiger partial charge on any atom is 0.206 e. The second kappa shape index (κ2) is 3.93. The monoisotopic (exact) mass is 206 g/mol. The molecule has 0 bridgehead atoms. The first-order chi connectivity index (χ1) is 7.24. The first-order valence-corrected chi connectivity index (χ1v) is 5.20. The molecule has 1 aliphatic heterocycles. The van der Waals surface area contributed by atoms with E-state index in [4.69, 9.17) is 9.47 Å². The van der Waals surface area contributed by atoms with Crippen LogP contribution in [0.3, 0.4) is 0 Å². The highest BCUT2D eigenvalue weighted by Gasteiger charge is 2.31. The van der Waals surface area contributed by atoms with Crippen molar-refractivity contribution in [3.63, 3.8) is 0 Å². The van der Waals surface area contributed by atoms with Crippen LogP contribution in [0.1, 0.15) is 30.6 Å². The molecule has 0 radical (unpaired) electrons. The lowest BCUT2D eigenvalue weighted by molar-refractivity contribution is 0.0876. The predicted molar refractivity (Wildman–Crippen MR) is 56.6 cm³/mol. The Labute approximate surface area is 89.0 Å². The molecule has 2 rings (SSSR count). The molecule has 0 aliphatic carbocycles. The zero-order chi connectivity index (χ0) is 10.8. The van der Waals surface area contributed by atoms with E-state index < -0.39 is 0 Å². The summed E-state index contributed by atoms with van der Waals surface area (Å²) in [5, 5.41) is 0. The van der Waals surface area contributed by atoms with Crippen LogP contribution in [0, 0.1) is 0 Å². The summed E-state index contributed by atoms with van der Waals surface area (Å²) in [4.78, 5) is 11.6. The molecule has 0 N–H and O–H groups in total. The minimum Gasteiger partial charge on any atom is -0.490 e. The molecule has 15 heavy (non-hydrogen) atoms. The largest absolute Gasteiger partial charge is 0.490 e. The maximum absolute atomic E-state index is 11.6. The third-order valence-corrected chi connectivity index (χ3v) is 2.37. The van der Waals surface area contributed by atoms with E-state index in [2.05, 4.69) is 0 Å². The number of para-hydroxylation sites is 1. The molecule has 3 heteroatoms. The van der Waals surface area contributed by atoms with Crippen molar-refractivity contribution in [3.8, 4) is 11.5 Å². The standard InChI is InChI=1S/C12H14O3/c1-3-7-14-10-6-4-5-9-11(13)8(2)15-12(9)10/h4-6,8H,3,7H2,1-2H3. The number of rotatable bonds is 3. The van der Waals surface area contributed by atoms with Gasteiger partial charge in [-0.3, -0.25) is 4.79 Å². The molecular weight excluding hydrogens is 192 g/mol. The van der Waals surface area contributed by atoms with E-state index in [0.717, 1.165) is 6.42 Å². The van der Waals surface area contributed by atoms with Gasteiger partial charge in [0.15, 0.2) is 17.6 Å². The fraction of sp³-hybridized carbons (Fsp3) is 0.417. The molecule has 1 heterocycles. The summed E-state index contributed by atoms with van der Waals surface area (Å²) in [5.41, 5.74) is 0.635. The summed E-state index contributed by atoms with van der Waals surface area (Å²) in [6.45, 7) is 4.44. The van der Waals surface area contributed by atoms with Crippen molar-refractivity contribution >= 4 is 5.78 Å². The van der Waals surface area contributed by atoms with Crippen molar-refractivity contribution < 1.29 is 14.3 Å². The van der Waals surface area contributed by atoms with Crippen LogP contribution in [-0.4, -0.2) is 18.5 Å². The average Bonchev–Trinajstić information content (AvgIpc) is 2.53. The van der Waals surface area contributed by atoms with Gasteiger partial charge < -0.3 is 9.47 Å². The molecule has 0 spiro atoms. The van der Waals surface area contributed by atoms with E-state index >= 15 is 0 Å². The van der Waals surface area contributed by atoms with Crippen LogP contribution in [0.4, 0.5) is 0 Å². The first-order valence-electron chi connectivity index (χ1n) is 5.20. The zero-order valence-electron chi connectivity index (χ0n) is 8.95. The highest BCUT2D eigenvalue weighted by Crippen LogP contribution is 2.37. The molecule has 0 aromatic heterocycles. The van der Waals surface area contributed by atoms with Gasteiger partial charge >= 0.3 is 0 Å². The highest BCUT2D eigenvalue weighted by atomic mass is 16.5. The molecule has 0 saturated heterocycles. The van der Waals surface area contributed by atoms with Crippen molar-refractivity contribution in [2.24, 2.45) is 0 Å².